The van der Waals surface area contributed by atoms with Crippen molar-refractivity contribution >= 4 is 17.3 Å². The van der Waals surface area contributed by atoms with Gasteiger partial charge in [-0.15, -0.1) is 0 Å². The predicted octanol–water partition coefficient (Wildman–Crippen LogP) is 1.87. The lowest BCUT2D eigenvalue weighted by molar-refractivity contribution is 0.309. The van der Waals surface area contributed by atoms with Gasteiger partial charge in [-0.05, 0) is 31.5 Å². The fourth-order valence-electron chi connectivity index (χ4n) is 1.24. The Balaban J connectivity index is 2.29. The van der Waals surface area contributed by atoms with Gasteiger partial charge in [-0.1, -0.05) is 0 Å². The molecule has 1 rings (SSSR count). The molecule has 0 spiro atoms. The van der Waals surface area contributed by atoms with Crippen LogP contribution in [0.15, 0.2) is 12.3 Å². The molecule has 0 amide bonds. The van der Waals surface area contributed by atoms with Gasteiger partial charge in [0, 0.05) is 25.4 Å². The maximum absolute atomic E-state index is 8.70. The highest BCUT2D eigenvalue weighted by Crippen LogP contribution is 2.08. The van der Waals surface area contributed by atoms with Crippen LogP contribution in [0, 0.1) is 0 Å². The van der Waals surface area contributed by atoms with Gasteiger partial charge in [0.1, 0.15) is 0 Å². The largest absolute Gasteiger partial charge is 0.499 e. The van der Waals surface area contributed by atoms with E-state index in [4.69, 9.17) is 5.11 Å². The van der Waals surface area contributed by atoms with Gasteiger partial charge >= 0.3 is 0 Å². The van der Waals surface area contributed by atoms with E-state index in [1.807, 2.05) is 6.20 Å². The molecule has 1 fully saturated rings. The zero-order valence-corrected chi connectivity index (χ0v) is 7.31. The van der Waals surface area contributed by atoms with Crippen LogP contribution < -0.4 is 0 Å². The zero-order chi connectivity index (χ0) is 8.10. The number of hydrogen-bond donors (Lipinski definition) is 1. The molecule has 0 atom stereocenters. The fraction of sp³-hybridized carbons (Fsp3) is 0.625. The van der Waals surface area contributed by atoms with Crippen molar-refractivity contribution in [1.29, 1.82) is 0 Å². The minimum atomic E-state index is -0.0319. The predicted molar refractivity (Wildman–Crippen MR) is 49.8 cm³/mol. The normalized spacial score (nSPS) is 19.1. The fourth-order valence-corrected chi connectivity index (χ4v) is 1.30. The molecule has 62 valence electrons. The van der Waals surface area contributed by atoms with E-state index in [1.54, 1.807) is 6.08 Å². The molecule has 1 N–H and O–H groups in total. The van der Waals surface area contributed by atoms with E-state index in [0.717, 1.165) is 13.1 Å². The van der Waals surface area contributed by atoms with Crippen LogP contribution in [0.5, 0.6) is 0 Å². The summed E-state index contributed by atoms with van der Waals surface area (Å²) in [5, 5.41) is 8.67. The molecule has 0 aliphatic carbocycles. The summed E-state index contributed by atoms with van der Waals surface area (Å²) in [6.45, 7) is 2.19. The van der Waals surface area contributed by atoms with Gasteiger partial charge in [-0.3, -0.25) is 0 Å². The highest BCUT2D eigenvalue weighted by Gasteiger charge is 2.04. The van der Waals surface area contributed by atoms with Gasteiger partial charge in [0.25, 0.3) is 0 Å². The minimum Gasteiger partial charge on any atom is -0.499 e. The summed E-state index contributed by atoms with van der Waals surface area (Å²) in [4.78, 5) is 2.19. The summed E-state index contributed by atoms with van der Waals surface area (Å²) in [6, 6.07) is 0. The molecular formula is C8H13NOS. The first-order valence-corrected chi connectivity index (χ1v) is 4.35. The number of piperidine rings is 1. The second-order valence-electron chi connectivity index (χ2n) is 2.75. The maximum Gasteiger partial charge on any atom is 0.182 e. The van der Waals surface area contributed by atoms with E-state index in [1.165, 1.54) is 19.3 Å². The van der Waals surface area contributed by atoms with Gasteiger partial charge in [-0.2, -0.15) is 0 Å². The van der Waals surface area contributed by atoms with Crippen LogP contribution in [0.3, 0.4) is 0 Å². The lowest BCUT2D eigenvalue weighted by Crippen LogP contribution is -2.24. The third-order valence-corrected chi connectivity index (χ3v) is 1.95. The van der Waals surface area contributed by atoms with Gasteiger partial charge < -0.3 is 10.0 Å². The molecule has 11 heavy (non-hydrogen) atoms. The van der Waals surface area contributed by atoms with Crippen molar-refractivity contribution in [3.05, 3.63) is 12.3 Å². The van der Waals surface area contributed by atoms with Crippen LogP contribution in [-0.2, 0) is 0 Å². The van der Waals surface area contributed by atoms with Crippen molar-refractivity contribution < 1.29 is 5.11 Å². The molecule has 1 heterocycles. The standard InChI is InChI=1S/C8H13NOS/c10-8(11)4-7-9-5-2-1-3-6-9/h4,7H,1-3,5-6H2,(H,10,11). The number of aliphatic hydroxyl groups excluding tert-OH is 1. The van der Waals surface area contributed by atoms with Crippen LogP contribution in [-0.4, -0.2) is 28.1 Å². The summed E-state index contributed by atoms with van der Waals surface area (Å²) in [5.74, 6) is 0. The molecule has 0 bridgehead atoms. The summed E-state index contributed by atoms with van der Waals surface area (Å²) in [7, 11) is 0. The van der Waals surface area contributed by atoms with Gasteiger partial charge in [0.05, 0.1) is 0 Å². The number of hydrogen-bond acceptors (Lipinski definition) is 2. The highest BCUT2D eigenvalue weighted by atomic mass is 32.1. The molecule has 0 aromatic heterocycles. The Morgan fingerprint density at radius 1 is 1.27 bits per heavy atom. The Morgan fingerprint density at radius 3 is 2.45 bits per heavy atom. The quantitative estimate of drug-likeness (QED) is 0.507. The summed E-state index contributed by atoms with van der Waals surface area (Å²) < 4.78 is 0. The molecule has 0 aromatic carbocycles. The first-order chi connectivity index (χ1) is 5.29. The second-order valence-corrected chi connectivity index (χ2v) is 3.17. The van der Waals surface area contributed by atoms with Crippen LogP contribution in [0.2, 0.25) is 0 Å². The zero-order valence-electron chi connectivity index (χ0n) is 6.49. The molecule has 0 aromatic rings. The third kappa shape index (κ3) is 3.37. The summed E-state index contributed by atoms with van der Waals surface area (Å²) in [5.41, 5.74) is 0. The maximum atomic E-state index is 8.70. The molecule has 0 saturated carbocycles. The van der Waals surface area contributed by atoms with Gasteiger partial charge in [0.2, 0.25) is 0 Å². The molecule has 0 unspecified atom stereocenters. The molecule has 2 nitrogen and oxygen atoms in total. The molecule has 1 saturated heterocycles. The first-order valence-electron chi connectivity index (χ1n) is 3.94. The average molecular weight is 171 g/mol. The van der Waals surface area contributed by atoms with E-state index in [0.29, 0.717) is 0 Å². The Bertz CT molecular complexity index is 161. The number of nitrogens with zero attached hydrogens (tertiary/aromatic N) is 1. The average Bonchev–Trinajstić information content (AvgIpc) is 2.03. The van der Waals surface area contributed by atoms with Crippen molar-refractivity contribution in [2.75, 3.05) is 13.1 Å². The molecular weight excluding hydrogens is 158 g/mol. The molecule has 1 aliphatic rings. The van der Waals surface area contributed by atoms with E-state index in [2.05, 4.69) is 17.1 Å². The molecule has 3 heteroatoms. The van der Waals surface area contributed by atoms with Crippen molar-refractivity contribution in [2.45, 2.75) is 19.3 Å². The monoisotopic (exact) mass is 171 g/mol. The van der Waals surface area contributed by atoms with E-state index >= 15 is 0 Å². The Hall–Kier alpha value is -0.570. The van der Waals surface area contributed by atoms with E-state index in [-0.39, 0.29) is 5.05 Å². The number of thiocarbonyl (C=S) groups is 1. The molecule has 0 radical (unpaired) electrons. The lowest BCUT2D eigenvalue weighted by Gasteiger charge is -2.24. The molecule has 1 aliphatic heterocycles. The van der Waals surface area contributed by atoms with Crippen molar-refractivity contribution in [3.63, 3.8) is 0 Å². The third-order valence-electron chi connectivity index (χ3n) is 1.82. The highest BCUT2D eigenvalue weighted by molar-refractivity contribution is 7.80. The summed E-state index contributed by atoms with van der Waals surface area (Å²) in [6.07, 6.45) is 7.28. The second kappa shape index (κ2) is 4.34. The van der Waals surface area contributed by atoms with Crippen LogP contribution in [0.25, 0.3) is 0 Å². The lowest BCUT2D eigenvalue weighted by atomic mass is 10.1. The SMILES string of the molecule is OC(=S)C=CN1CCCCC1. The first kappa shape index (κ1) is 8.53. The number of aliphatic hydroxyl groups is 1. The van der Waals surface area contributed by atoms with E-state index < -0.39 is 0 Å². The van der Waals surface area contributed by atoms with Crippen LogP contribution in [0.1, 0.15) is 19.3 Å². The van der Waals surface area contributed by atoms with E-state index in [9.17, 15) is 0 Å². The van der Waals surface area contributed by atoms with Crippen LogP contribution >= 0.6 is 12.2 Å². The smallest absolute Gasteiger partial charge is 0.182 e. The van der Waals surface area contributed by atoms with Crippen molar-refractivity contribution in [1.82, 2.24) is 4.90 Å². The number of rotatable bonds is 2. The Morgan fingerprint density at radius 2 is 1.91 bits per heavy atom. The van der Waals surface area contributed by atoms with Gasteiger partial charge in [0.15, 0.2) is 5.05 Å². The summed E-state index contributed by atoms with van der Waals surface area (Å²) >= 11 is 4.51. The minimum absolute atomic E-state index is 0.0319. The van der Waals surface area contributed by atoms with Crippen molar-refractivity contribution in [2.24, 2.45) is 0 Å². The number of likely N-dealkylation sites (tertiary alicyclic amines) is 1. The topological polar surface area (TPSA) is 23.5 Å². The Kier molecular flexibility index (Phi) is 3.36. The Labute approximate surface area is 72.5 Å². The van der Waals surface area contributed by atoms with Crippen LogP contribution in [0.4, 0.5) is 0 Å². The van der Waals surface area contributed by atoms with Gasteiger partial charge in [-0.25, -0.2) is 0 Å². The van der Waals surface area contributed by atoms with Crippen molar-refractivity contribution in [3.8, 4) is 0 Å².